The maximum atomic E-state index is 13.2. The third kappa shape index (κ3) is 2.53. The van der Waals surface area contributed by atoms with Crippen molar-refractivity contribution in [3.05, 3.63) is 29.6 Å². The van der Waals surface area contributed by atoms with Crippen molar-refractivity contribution in [2.24, 2.45) is 11.7 Å². The SMILES string of the molecule is CC(N)c1cc(F)ccc1N(C)CC1CC1. The molecular formula is C13H19FN2. The van der Waals surface area contributed by atoms with Crippen LogP contribution in [0.1, 0.15) is 31.4 Å². The third-order valence-electron chi connectivity index (χ3n) is 3.12. The average Bonchev–Trinajstić information content (AvgIpc) is 3.01. The topological polar surface area (TPSA) is 29.3 Å². The Morgan fingerprint density at radius 2 is 2.19 bits per heavy atom. The van der Waals surface area contributed by atoms with E-state index in [9.17, 15) is 4.39 Å². The van der Waals surface area contributed by atoms with Crippen LogP contribution in [0.15, 0.2) is 18.2 Å². The molecular weight excluding hydrogens is 203 g/mol. The van der Waals surface area contributed by atoms with Crippen molar-refractivity contribution in [2.75, 3.05) is 18.5 Å². The smallest absolute Gasteiger partial charge is 0.123 e. The van der Waals surface area contributed by atoms with E-state index in [0.717, 1.165) is 23.7 Å². The van der Waals surface area contributed by atoms with Gasteiger partial charge in [0.15, 0.2) is 0 Å². The fourth-order valence-corrected chi connectivity index (χ4v) is 2.02. The number of rotatable bonds is 4. The van der Waals surface area contributed by atoms with Crippen LogP contribution in [0.4, 0.5) is 10.1 Å². The Balaban J connectivity index is 2.23. The monoisotopic (exact) mass is 222 g/mol. The summed E-state index contributed by atoms with van der Waals surface area (Å²) in [7, 11) is 2.05. The lowest BCUT2D eigenvalue weighted by Crippen LogP contribution is -2.23. The molecule has 1 aliphatic rings. The lowest BCUT2D eigenvalue weighted by atomic mass is 10.1. The molecule has 1 saturated carbocycles. The molecule has 0 spiro atoms. The number of hydrogen-bond donors (Lipinski definition) is 1. The van der Waals surface area contributed by atoms with Gasteiger partial charge in [0.25, 0.3) is 0 Å². The van der Waals surface area contributed by atoms with Crippen LogP contribution in [0.25, 0.3) is 0 Å². The second-order valence-electron chi connectivity index (χ2n) is 4.82. The highest BCUT2D eigenvalue weighted by atomic mass is 19.1. The summed E-state index contributed by atoms with van der Waals surface area (Å²) in [6.07, 6.45) is 2.64. The molecule has 1 atom stereocenters. The lowest BCUT2D eigenvalue weighted by Gasteiger charge is -2.24. The first-order valence-electron chi connectivity index (χ1n) is 5.84. The fourth-order valence-electron chi connectivity index (χ4n) is 2.02. The van der Waals surface area contributed by atoms with Gasteiger partial charge in [-0.15, -0.1) is 0 Å². The van der Waals surface area contributed by atoms with Crippen LogP contribution in [0.3, 0.4) is 0 Å². The third-order valence-corrected chi connectivity index (χ3v) is 3.12. The summed E-state index contributed by atoms with van der Waals surface area (Å²) >= 11 is 0. The van der Waals surface area contributed by atoms with Gasteiger partial charge in [-0.3, -0.25) is 0 Å². The molecule has 2 N–H and O–H groups in total. The van der Waals surface area contributed by atoms with Gasteiger partial charge in [-0.25, -0.2) is 4.39 Å². The Hall–Kier alpha value is -1.09. The minimum absolute atomic E-state index is 0.132. The molecule has 0 bridgehead atoms. The number of hydrogen-bond acceptors (Lipinski definition) is 2. The summed E-state index contributed by atoms with van der Waals surface area (Å²) in [6.45, 7) is 2.94. The highest BCUT2D eigenvalue weighted by Gasteiger charge is 2.24. The van der Waals surface area contributed by atoms with E-state index in [2.05, 4.69) is 11.9 Å². The standard InChI is InChI=1S/C13H19FN2/c1-9(15)12-7-11(14)5-6-13(12)16(2)8-10-3-4-10/h5-7,9-10H,3-4,8,15H2,1-2H3. The van der Waals surface area contributed by atoms with Crippen LogP contribution in [0, 0.1) is 11.7 Å². The molecule has 1 aromatic rings. The van der Waals surface area contributed by atoms with E-state index in [1.807, 2.05) is 13.0 Å². The largest absolute Gasteiger partial charge is 0.374 e. The summed E-state index contributed by atoms with van der Waals surface area (Å²) in [6, 6.07) is 4.75. The molecule has 2 nitrogen and oxygen atoms in total. The van der Waals surface area contributed by atoms with Crippen LogP contribution in [0.2, 0.25) is 0 Å². The molecule has 0 radical (unpaired) electrons. The summed E-state index contributed by atoms with van der Waals surface area (Å²) in [5.74, 6) is 0.604. The lowest BCUT2D eigenvalue weighted by molar-refractivity contribution is 0.621. The van der Waals surface area contributed by atoms with Gasteiger partial charge in [-0.05, 0) is 49.4 Å². The number of nitrogens with zero attached hydrogens (tertiary/aromatic N) is 1. The van der Waals surface area contributed by atoms with Gasteiger partial charge in [0, 0.05) is 25.3 Å². The van der Waals surface area contributed by atoms with Crippen molar-refractivity contribution in [3.63, 3.8) is 0 Å². The normalized spacial score (nSPS) is 17.2. The Kier molecular flexibility index (Phi) is 3.15. The Morgan fingerprint density at radius 1 is 1.50 bits per heavy atom. The molecule has 16 heavy (non-hydrogen) atoms. The molecule has 88 valence electrons. The predicted octanol–water partition coefficient (Wildman–Crippen LogP) is 2.69. The van der Waals surface area contributed by atoms with Gasteiger partial charge < -0.3 is 10.6 Å². The number of benzene rings is 1. The molecule has 2 rings (SSSR count). The van der Waals surface area contributed by atoms with E-state index in [1.54, 1.807) is 6.07 Å². The van der Waals surface area contributed by atoms with Gasteiger partial charge in [0.05, 0.1) is 0 Å². The molecule has 0 heterocycles. The molecule has 1 aromatic carbocycles. The average molecular weight is 222 g/mol. The zero-order valence-corrected chi connectivity index (χ0v) is 9.91. The maximum Gasteiger partial charge on any atom is 0.123 e. The highest BCUT2D eigenvalue weighted by molar-refractivity contribution is 5.54. The number of nitrogens with two attached hydrogens (primary N) is 1. The summed E-state index contributed by atoms with van der Waals surface area (Å²) in [5, 5.41) is 0. The van der Waals surface area contributed by atoms with Gasteiger partial charge in [-0.1, -0.05) is 0 Å². The van der Waals surface area contributed by atoms with E-state index >= 15 is 0 Å². The van der Waals surface area contributed by atoms with Crippen molar-refractivity contribution in [1.82, 2.24) is 0 Å². The highest BCUT2D eigenvalue weighted by Crippen LogP contribution is 2.33. The first kappa shape index (κ1) is 11.4. The first-order chi connectivity index (χ1) is 7.58. The van der Waals surface area contributed by atoms with Crippen molar-refractivity contribution in [2.45, 2.75) is 25.8 Å². The van der Waals surface area contributed by atoms with Crippen LogP contribution in [0.5, 0.6) is 0 Å². The minimum Gasteiger partial charge on any atom is -0.374 e. The molecule has 3 heteroatoms. The van der Waals surface area contributed by atoms with E-state index in [-0.39, 0.29) is 11.9 Å². The van der Waals surface area contributed by atoms with E-state index in [0.29, 0.717) is 0 Å². The predicted molar refractivity (Wildman–Crippen MR) is 65.0 cm³/mol. The number of halogens is 1. The van der Waals surface area contributed by atoms with Gasteiger partial charge >= 0.3 is 0 Å². The zero-order chi connectivity index (χ0) is 11.7. The van der Waals surface area contributed by atoms with Gasteiger partial charge in [-0.2, -0.15) is 0 Å². The Labute approximate surface area is 96.2 Å². The molecule has 1 fully saturated rings. The van der Waals surface area contributed by atoms with Crippen molar-refractivity contribution >= 4 is 5.69 Å². The fraction of sp³-hybridized carbons (Fsp3) is 0.538. The molecule has 0 saturated heterocycles. The first-order valence-corrected chi connectivity index (χ1v) is 5.84. The quantitative estimate of drug-likeness (QED) is 0.848. The van der Waals surface area contributed by atoms with Crippen molar-refractivity contribution in [3.8, 4) is 0 Å². The zero-order valence-electron chi connectivity index (χ0n) is 9.91. The Morgan fingerprint density at radius 3 is 2.75 bits per heavy atom. The van der Waals surface area contributed by atoms with Crippen LogP contribution in [-0.2, 0) is 0 Å². The molecule has 0 amide bonds. The molecule has 0 aliphatic heterocycles. The van der Waals surface area contributed by atoms with E-state index in [4.69, 9.17) is 5.73 Å². The minimum atomic E-state index is -0.212. The van der Waals surface area contributed by atoms with Gasteiger partial charge in [0.2, 0.25) is 0 Å². The summed E-state index contributed by atoms with van der Waals surface area (Å²) < 4.78 is 13.2. The second kappa shape index (κ2) is 4.42. The number of anilines is 1. The van der Waals surface area contributed by atoms with Crippen molar-refractivity contribution < 1.29 is 4.39 Å². The van der Waals surface area contributed by atoms with Crippen LogP contribution >= 0.6 is 0 Å². The van der Waals surface area contributed by atoms with Crippen LogP contribution in [-0.4, -0.2) is 13.6 Å². The van der Waals surface area contributed by atoms with Crippen molar-refractivity contribution in [1.29, 1.82) is 0 Å². The summed E-state index contributed by atoms with van der Waals surface area (Å²) in [5.41, 5.74) is 7.82. The Bertz CT molecular complexity index is 372. The van der Waals surface area contributed by atoms with E-state index in [1.165, 1.54) is 18.9 Å². The molecule has 1 unspecified atom stereocenters. The second-order valence-corrected chi connectivity index (χ2v) is 4.82. The molecule has 0 aromatic heterocycles. The summed E-state index contributed by atoms with van der Waals surface area (Å²) in [4.78, 5) is 2.19. The van der Waals surface area contributed by atoms with Crippen LogP contribution < -0.4 is 10.6 Å². The maximum absolute atomic E-state index is 13.2. The van der Waals surface area contributed by atoms with E-state index < -0.39 is 0 Å². The van der Waals surface area contributed by atoms with Gasteiger partial charge in [0.1, 0.15) is 5.82 Å². The molecule has 1 aliphatic carbocycles.